The van der Waals surface area contributed by atoms with E-state index in [0.717, 1.165) is 37.2 Å². The third-order valence-electron chi connectivity index (χ3n) is 8.17. The van der Waals surface area contributed by atoms with E-state index in [0.29, 0.717) is 41.6 Å². The molecule has 4 atom stereocenters. The van der Waals surface area contributed by atoms with E-state index >= 15 is 0 Å². The Bertz CT molecular complexity index is 1250. The molecule has 1 aliphatic carbocycles. The Hall–Kier alpha value is -3.28. The second-order valence-corrected chi connectivity index (χ2v) is 10.8. The van der Waals surface area contributed by atoms with Crippen molar-refractivity contribution in [2.45, 2.75) is 48.9 Å². The molecule has 2 aliphatic rings. The van der Waals surface area contributed by atoms with Crippen LogP contribution in [-0.2, 0) is 16.4 Å². The number of rotatable bonds is 5. The molecule has 1 heterocycles. The second kappa shape index (κ2) is 10.5. The lowest BCUT2D eigenvalue weighted by atomic mass is 9.55. The number of methoxy groups -OCH3 is 1. The number of alkyl halides is 3. The number of nitrogens with one attached hydrogen (secondary N) is 1. The molecule has 0 aromatic heterocycles. The van der Waals surface area contributed by atoms with E-state index in [1.807, 2.05) is 30.3 Å². The molecule has 0 radical (unpaired) electrons. The molecule has 1 aliphatic heterocycles. The van der Waals surface area contributed by atoms with E-state index in [2.05, 4.69) is 30.8 Å². The second-order valence-electron chi connectivity index (χ2n) is 10.8. The number of carbonyl (C=O) groups is 1. The number of nitrogens with zero attached hydrogens (tertiary/aromatic N) is 1. The average molecular weight is 528 g/mol. The highest BCUT2D eigenvalue weighted by Crippen LogP contribution is 2.53. The summed E-state index contributed by atoms with van der Waals surface area (Å²) in [4.78, 5) is 12.7. The summed E-state index contributed by atoms with van der Waals surface area (Å²) in [5.74, 6) is 5.37. The van der Waals surface area contributed by atoms with Gasteiger partial charge in [-0.25, -0.2) is 0 Å². The quantitative estimate of drug-likeness (QED) is 0.344. The van der Waals surface area contributed by atoms with Crippen molar-refractivity contribution in [3.05, 3.63) is 77.9 Å². The van der Waals surface area contributed by atoms with Crippen LogP contribution in [0.3, 0.4) is 0 Å². The van der Waals surface area contributed by atoms with Crippen LogP contribution in [0.1, 0.15) is 42.4 Å². The molecular formula is C30H34F3N2O3+. The molecule has 1 unspecified atom stereocenters. The van der Waals surface area contributed by atoms with Gasteiger partial charge in [-0.2, -0.15) is 13.2 Å². The van der Waals surface area contributed by atoms with Crippen molar-refractivity contribution < 1.29 is 32.3 Å². The third kappa shape index (κ3) is 5.59. The largest absolute Gasteiger partial charge is 0.497 e. The number of hydrogen-bond acceptors (Lipinski definition) is 3. The van der Waals surface area contributed by atoms with Gasteiger partial charge < -0.3 is 19.6 Å². The van der Waals surface area contributed by atoms with Crippen molar-refractivity contribution >= 4 is 5.91 Å². The highest BCUT2D eigenvalue weighted by molar-refractivity contribution is 5.94. The van der Waals surface area contributed by atoms with Crippen LogP contribution in [0.2, 0.25) is 0 Å². The standard InChI is InChI=1S/C30H33F3N2O3/c1-4-17-35(2)18-16-28(24-6-5-7-26(19-24)38-3)20-25(14-15-29(28,37)21-35)34-27(36)13-10-22-8-11-23(12-9-22)30(31,32)33/h4-9,11-12,19,25,37H,1,14-18,20-21H2,2-3H3/p+1/t25-,28-,29?,35-/m0/s1. The molecule has 1 amide bonds. The number of piperidine rings is 1. The van der Waals surface area contributed by atoms with Gasteiger partial charge in [-0.1, -0.05) is 24.6 Å². The van der Waals surface area contributed by atoms with Crippen LogP contribution in [0.25, 0.3) is 0 Å². The predicted molar refractivity (Wildman–Crippen MR) is 139 cm³/mol. The Morgan fingerprint density at radius 2 is 2.00 bits per heavy atom. The smallest absolute Gasteiger partial charge is 0.416 e. The van der Waals surface area contributed by atoms with Crippen LogP contribution in [-0.4, -0.2) is 60.9 Å². The lowest BCUT2D eigenvalue weighted by Crippen LogP contribution is -2.71. The molecule has 0 bridgehead atoms. The Morgan fingerprint density at radius 3 is 2.66 bits per heavy atom. The zero-order valence-corrected chi connectivity index (χ0v) is 21.8. The van der Waals surface area contributed by atoms with Gasteiger partial charge in [0.05, 0.1) is 32.8 Å². The van der Waals surface area contributed by atoms with Crippen molar-refractivity contribution in [2.24, 2.45) is 0 Å². The molecule has 202 valence electrons. The molecule has 2 N–H and O–H groups in total. The number of likely N-dealkylation sites (N-methyl/N-ethyl adjacent to an activating group) is 1. The topological polar surface area (TPSA) is 58.6 Å². The summed E-state index contributed by atoms with van der Waals surface area (Å²) in [5, 5.41) is 15.2. The highest BCUT2D eigenvalue weighted by Gasteiger charge is 2.61. The number of halogens is 3. The van der Waals surface area contributed by atoms with Gasteiger partial charge in [0.2, 0.25) is 0 Å². The molecule has 8 heteroatoms. The molecule has 0 spiro atoms. The van der Waals surface area contributed by atoms with Gasteiger partial charge in [-0.05, 0) is 67.3 Å². The van der Waals surface area contributed by atoms with Gasteiger partial charge in [0.25, 0.3) is 5.91 Å². The number of ether oxygens (including phenoxy) is 1. The summed E-state index contributed by atoms with van der Waals surface area (Å²) >= 11 is 0. The minimum absolute atomic E-state index is 0.216. The van der Waals surface area contributed by atoms with Gasteiger partial charge >= 0.3 is 6.18 Å². The number of quaternary nitrogens is 1. The summed E-state index contributed by atoms with van der Waals surface area (Å²) < 4.78 is 44.5. The van der Waals surface area contributed by atoms with E-state index in [1.54, 1.807) is 7.11 Å². The van der Waals surface area contributed by atoms with Crippen molar-refractivity contribution in [3.63, 3.8) is 0 Å². The number of hydrogen-bond donors (Lipinski definition) is 2. The van der Waals surface area contributed by atoms with E-state index in [1.165, 1.54) is 12.1 Å². The summed E-state index contributed by atoms with van der Waals surface area (Å²) in [5.41, 5.74) is -1.02. The molecule has 38 heavy (non-hydrogen) atoms. The van der Waals surface area contributed by atoms with Crippen molar-refractivity contribution in [1.82, 2.24) is 5.32 Å². The van der Waals surface area contributed by atoms with Crippen LogP contribution in [0.4, 0.5) is 13.2 Å². The van der Waals surface area contributed by atoms with Crippen LogP contribution < -0.4 is 10.1 Å². The maximum atomic E-state index is 12.8. The Balaban J connectivity index is 1.56. The first-order valence-corrected chi connectivity index (χ1v) is 12.7. The molecular weight excluding hydrogens is 493 g/mol. The molecule has 2 fully saturated rings. The van der Waals surface area contributed by atoms with Gasteiger partial charge in [-0.15, -0.1) is 0 Å². The fraction of sp³-hybridized carbons (Fsp3) is 0.433. The average Bonchev–Trinajstić information content (AvgIpc) is 2.87. The van der Waals surface area contributed by atoms with Crippen molar-refractivity contribution in [1.29, 1.82) is 0 Å². The first kappa shape index (κ1) is 27.7. The van der Waals surface area contributed by atoms with Crippen LogP contribution >= 0.6 is 0 Å². The van der Waals surface area contributed by atoms with Crippen LogP contribution in [0.5, 0.6) is 5.75 Å². The van der Waals surface area contributed by atoms with E-state index < -0.39 is 28.7 Å². The third-order valence-corrected chi connectivity index (χ3v) is 8.17. The first-order chi connectivity index (χ1) is 17.9. The number of fused-ring (bicyclic) bond motifs is 1. The van der Waals surface area contributed by atoms with E-state index in [9.17, 15) is 23.1 Å². The molecule has 1 saturated carbocycles. The number of likely N-dealkylation sites (tertiary alicyclic amines) is 1. The number of benzene rings is 2. The number of amides is 1. The summed E-state index contributed by atoms with van der Waals surface area (Å²) in [6.45, 7) is 6.08. The number of aliphatic hydroxyl groups is 1. The SMILES string of the molecule is C=CC[N@@+]1(C)CC[C@@]2(c3cccc(OC)c3)C[C@@H](NC(=O)C#Cc3ccc(C(F)(F)F)cc3)CCC2(O)C1. The van der Waals surface area contributed by atoms with Gasteiger partial charge in [0, 0.05) is 29.4 Å². The Kier molecular flexibility index (Phi) is 7.64. The van der Waals surface area contributed by atoms with E-state index in [-0.39, 0.29) is 6.04 Å². The van der Waals surface area contributed by atoms with Crippen LogP contribution in [0.15, 0.2) is 61.2 Å². The normalized spacial score (nSPS) is 28.8. The highest BCUT2D eigenvalue weighted by atomic mass is 19.4. The van der Waals surface area contributed by atoms with Gasteiger partial charge in [-0.3, -0.25) is 4.79 Å². The zero-order valence-electron chi connectivity index (χ0n) is 21.8. The first-order valence-electron chi connectivity index (χ1n) is 12.7. The summed E-state index contributed by atoms with van der Waals surface area (Å²) in [6.07, 6.45) is -0.172. The van der Waals surface area contributed by atoms with Crippen molar-refractivity contribution in [2.75, 3.05) is 33.8 Å². The number of carbonyl (C=O) groups excluding carboxylic acids is 1. The molecule has 4 rings (SSSR count). The minimum atomic E-state index is -4.42. The molecule has 2 aromatic carbocycles. The van der Waals surface area contributed by atoms with E-state index in [4.69, 9.17) is 4.74 Å². The minimum Gasteiger partial charge on any atom is -0.497 e. The Labute approximate surface area is 221 Å². The van der Waals surface area contributed by atoms with Gasteiger partial charge in [0.1, 0.15) is 17.9 Å². The molecule has 5 nitrogen and oxygen atoms in total. The molecule has 2 aromatic rings. The predicted octanol–water partition coefficient (Wildman–Crippen LogP) is 4.44. The lowest BCUT2D eigenvalue weighted by molar-refractivity contribution is -0.918. The monoisotopic (exact) mass is 527 g/mol. The fourth-order valence-corrected chi connectivity index (χ4v) is 6.24. The summed E-state index contributed by atoms with van der Waals surface area (Å²) in [6, 6.07) is 12.0. The van der Waals surface area contributed by atoms with Crippen LogP contribution in [0, 0.1) is 11.8 Å². The van der Waals surface area contributed by atoms with Gasteiger partial charge in [0.15, 0.2) is 0 Å². The lowest BCUT2D eigenvalue weighted by Gasteiger charge is -2.59. The fourth-order valence-electron chi connectivity index (χ4n) is 6.24. The maximum absolute atomic E-state index is 12.8. The Morgan fingerprint density at radius 1 is 1.26 bits per heavy atom. The summed E-state index contributed by atoms with van der Waals surface area (Å²) in [7, 11) is 3.75. The zero-order chi connectivity index (χ0) is 27.6. The maximum Gasteiger partial charge on any atom is 0.416 e. The van der Waals surface area contributed by atoms with Crippen molar-refractivity contribution in [3.8, 4) is 17.6 Å². The molecule has 1 saturated heterocycles.